The van der Waals surface area contributed by atoms with E-state index in [2.05, 4.69) is 16.0 Å². The Kier molecular flexibility index (Phi) is 5.23. The number of likely N-dealkylation sites (tertiary alicyclic amines) is 1. The van der Waals surface area contributed by atoms with Gasteiger partial charge in [0.05, 0.1) is 24.2 Å². The number of carbonyl (C=O) groups is 1. The minimum Gasteiger partial charge on any atom is -0.470 e. The average Bonchev–Trinajstić information content (AvgIpc) is 3.50. The molecule has 1 saturated heterocycles. The van der Waals surface area contributed by atoms with Gasteiger partial charge in [-0.25, -0.2) is 18.7 Å². The summed E-state index contributed by atoms with van der Waals surface area (Å²) in [6, 6.07) is 9.71. The topological polar surface area (TPSA) is 83.5 Å². The molecule has 33 heavy (non-hydrogen) atoms. The molecule has 0 N–H and O–H groups in total. The van der Waals surface area contributed by atoms with Crippen LogP contribution in [0.5, 0.6) is 5.88 Å². The van der Waals surface area contributed by atoms with E-state index in [0.29, 0.717) is 18.5 Å². The number of nitriles is 1. The van der Waals surface area contributed by atoms with E-state index in [0.717, 1.165) is 31.0 Å². The van der Waals surface area contributed by atoms with Crippen LogP contribution in [0.15, 0.2) is 42.9 Å². The highest BCUT2D eigenvalue weighted by Gasteiger charge is 2.47. The Balaban J connectivity index is 1.39. The molecule has 3 aromatic rings. The van der Waals surface area contributed by atoms with Crippen molar-refractivity contribution in [1.82, 2.24) is 19.3 Å². The summed E-state index contributed by atoms with van der Waals surface area (Å²) < 4.78 is 33.8. The molecule has 2 aliphatic rings. The van der Waals surface area contributed by atoms with Gasteiger partial charge in [0.25, 0.3) is 18.2 Å². The fourth-order valence-electron chi connectivity index (χ4n) is 4.58. The second kappa shape index (κ2) is 8.10. The van der Waals surface area contributed by atoms with Gasteiger partial charge in [-0.2, -0.15) is 5.26 Å². The summed E-state index contributed by atoms with van der Waals surface area (Å²) in [6.07, 6.45) is 3.86. The summed E-state index contributed by atoms with van der Waals surface area (Å²) in [5.41, 5.74) is 0.771. The van der Waals surface area contributed by atoms with Crippen molar-refractivity contribution in [2.45, 2.75) is 56.6 Å². The number of rotatable bonds is 5. The third-order valence-corrected chi connectivity index (χ3v) is 6.66. The summed E-state index contributed by atoms with van der Waals surface area (Å²) in [6.45, 7) is 2.33. The van der Waals surface area contributed by atoms with Gasteiger partial charge in [0, 0.05) is 24.0 Å². The minimum atomic E-state index is -2.66. The zero-order valence-corrected chi connectivity index (χ0v) is 18.1. The Morgan fingerprint density at radius 2 is 2.06 bits per heavy atom. The van der Waals surface area contributed by atoms with E-state index >= 15 is 0 Å². The van der Waals surface area contributed by atoms with Gasteiger partial charge in [-0.1, -0.05) is 18.2 Å². The number of halogens is 2. The van der Waals surface area contributed by atoms with Crippen LogP contribution in [-0.4, -0.2) is 43.9 Å². The Morgan fingerprint density at radius 1 is 1.27 bits per heavy atom. The summed E-state index contributed by atoms with van der Waals surface area (Å²) in [7, 11) is 0. The first kappa shape index (κ1) is 21.3. The lowest BCUT2D eigenvalue weighted by Crippen LogP contribution is -2.49. The van der Waals surface area contributed by atoms with Crippen molar-refractivity contribution >= 4 is 11.6 Å². The highest BCUT2D eigenvalue weighted by atomic mass is 19.3. The van der Waals surface area contributed by atoms with Gasteiger partial charge in [0.2, 0.25) is 5.65 Å². The average molecular weight is 451 g/mol. The van der Waals surface area contributed by atoms with Crippen LogP contribution in [0, 0.1) is 11.3 Å². The second-order valence-electron chi connectivity index (χ2n) is 8.77. The molecule has 7 nitrogen and oxygen atoms in total. The van der Waals surface area contributed by atoms with Gasteiger partial charge >= 0.3 is 0 Å². The lowest BCUT2D eigenvalue weighted by molar-refractivity contribution is 0.0374. The third kappa shape index (κ3) is 3.69. The molecule has 0 spiro atoms. The first-order valence-electron chi connectivity index (χ1n) is 11.0. The molecule has 2 aromatic heterocycles. The first-order chi connectivity index (χ1) is 15.9. The zero-order valence-electron chi connectivity index (χ0n) is 18.1. The van der Waals surface area contributed by atoms with E-state index in [1.165, 1.54) is 16.8 Å². The minimum absolute atomic E-state index is 0.00302. The smallest absolute Gasteiger partial charge is 0.280 e. The molecule has 2 atom stereocenters. The van der Waals surface area contributed by atoms with Crippen molar-refractivity contribution in [3.8, 4) is 11.9 Å². The number of amides is 1. The molecule has 1 amide bonds. The van der Waals surface area contributed by atoms with E-state index in [4.69, 9.17) is 4.74 Å². The lowest BCUT2D eigenvalue weighted by Gasteiger charge is -2.38. The Morgan fingerprint density at radius 3 is 2.79 bits per heavy atom. The van der Waals surface area contributed by atoms with Crippen molar-refractivity contribution in [3.05, 3.63) is 59.7 Å². The van der Waals surface area contributed by atoms with Gasteiger partial charge in [-0.3, -0.25) is 9.20 Å². The Hall–Kier alpha value is -3.54. The molecule has 9 heteroatoms. The van der Waals surface area contributed by atoms with E-state index in [1.54, 1.807) is 11.0 Å². The van der Waals surface area contributed by atoms with Crippen molar-refractivity contribution in [2.75, 3.05) is 6.54 Å². The second-order valence-corrected chi connectivity index (χ2v) is 8.77. The van der Waals surface area contributed by atoms with Crippen molar-refractivity contribution in [2.24, 2.45) is 0 Å². The number of imidazole rings is 1. The number of aromatic nitrogens is 3. The van der Waals surface area contributed by atoms with Gasteiger partial charge in [0.1, 0.15) is 11.8 Å². The normalized spacial score (nSPS) is 21.7. The molecule has 1 saturated carbocycles. The number of hydrogen-bond donors (Lipinski definition) is 0. The largest absolute Gasteiger partial charge is 0.470 e. The van der Waals surface area contributed by atoms with Crippen LogP contribution in [0.1, 0.15) is 60.6 Å². The van der Waals surface area contributed by atoms with E-state index in [-0.39, 0.29) is 35.3 Å². The van der Waals surface area contributed by atoms with E-state index in [1.807, 2.05) is 25.1 Å². The molecule has 1 aliphatic heterocycles. The van der Waals surface area contributed by atoms with E-state index in [9.17, 15) is 18.8 Å². The lowest BCUT2D eigenvalue weighted by atomic mass is 9.91. The predicted octanol–water partition coefficient (Wildman–Crippen LogP) is 4.29. The van der Waals surface area contributed by atoms with Crippen LogP contribution in [-0.2, 0) is 5.41 Å². The predicted molar refractivity (Wildman–Crippen MR) is 115 cm³/mol. The van der Waals surface area contributed by atoms with Gasteiger partial charge in [-0.05, 0) is 44.2 Å². The molecular weight excluding hydrogens is 428 g/mol. The number of nitrogens with zero attached hydrogens (tertiary/aromatic N) is 5. The zero-order chi connectivity index (χ0) is 23.2. The molecule has 1 aromatic carbocycles. The highest BCUT2D eigenvalue weighted by molar-refractivity contribution is 5.96. The van der Waals surface area contributed by atoms with Crippen LogP contribution in [0.4, 0.5) is 8.78 Å². The molecule has 0 radical (unpaired) electrons. The van der Waals surface area contributed by atoms with Gasteiger partial charge in [-0.15, -0.1) is 0 Å². The number of hydrogen-bond acceptors (Lipinski definition) is 5. The number of piperidine rings is 1. The highest BCUT2D eigenvalue weighted by Crippen LogP contribution is 2.49. The molecule has 0 unspecified atom stereocenters. The third-order valence-electron chi connectivity index (χ3n) is 6.66. The number of carbonyl (C=O) groups excluding carboxylic acids is 1. The van der Waals surface area contributed by atoms with E-state index < -0.39 is 11.8 Å². The Bertz CT molecular complexity index is 1250. The molecule has 1 aliphatic carbocycles. The molecule has 3 heterocycles. The van der Waals surface area contributed by atoms with Crippen LogP contribution in [0.25, 0.3) is 5.65 Å². The van der Waals surface area contributed by atoms with Crippen molar-refractivity contribution in [1.29, 1.82) is 5.26 Å². The van der Waals surface area contributed by atoms with Gasteiger partial charge < -0.3 is 9.64 Å². The van der Waals surface area contributed by atoms with Crippen LogP contribution in [0.3, 0.4) is 0 Å². The fourth-order valence-corrected chi connectivity index (χ4v) is 4.58. The summed E-state index contributed by atoms with van der Waals surface area (Å²) in [4.78, 5) is 23.6. The summed E-state index contributed by atoms with van der Waals surface area (Å²) >= 11 is 0. The summed E-state index contributed by atoms with van der Waals surface area (Å²) in [5, 5.41) is 9.65. The first-order valence-corrected chi connectivity index (χ1v) is 11.0. The van der Waals surface area contributed by atoms with Crippen molar-refractivity contribution < 1.29 is 18.3 Å². The van der Waals surface area contributed by atoms with Crippen molar-refractivity contribution in [3.63, 3.8) is 0 Å². The molecule has 5 rings (SSSR count). The molecular formula is C24H23F2N5O2. The number of alkyl halides is 2. The Labute approximate surface area is 189 Å². The SMILES string of the molecule is C[C@@H]1CC[C@@H](Oc2nccn3c(C(F)F)cnc23)CN1C(=O)c1ccccc1C1(C#N)CC1. The number of benzene rings is 1. The van der Waals surface area contributed by atoms with Crippen LogP contribution >= 0.6 is 0 Å². The number of fused-ring (bicyclic) bond motifs is 1. The van der Waals surface area contributed by atoms with Gasteiger partial charge in [0.15, 0.2) is 0 Å². The maximum Gasteiger partial charge on any atom is 0.280 e. The fraction of sp³-hybridized carbons (Fsp3) is 0.417. The summed E-state index contributed by atoms with van der Waals surface area (Å²) in [5.74, 6) is 0.0399. The van der Waals surface area contributed by atoms with Crippen LogP contribution < -0.4 is 4.74 Å². The monoisotopic (exact) mass is 451 g/mol. The van der Waals surface area contributed by atoms with Crippen LogP contribution in [0.2, 0.25) is 0 Å². The maximum absolute atomic E-state index is 13.6. The molecule has 170 valence electrons. The molecule has 0 bridgehead atoms. The number of ether oxygens (including phenoxy) is 1. The molecule has 2 fully saturated rings. The maximum atomic E-state index is 13.6. The standard InChI is InChI=1S/C24H23F2N5O2/c1-15-6-7-16(33-22-21-29-12-19(20(25)26)30(21)11-10-28-22)13-31(15)23(32)17-4-2-3-5-18(17)24(14-27)8-9-24/h2-5,10-12,15-16,20H,6-9,13H2,1H3/t15-,16-/m1/s1. The quantitative estimate of drug-likeness (QED) is 0.578.